The van der Waals surface area contributed by atoms with Gasteiger partial charge in [-0.15, -0.1) is 5.10 Å². The van der Waals surface area contributed by atoms with Gasteiger partial charge in [-0.3, -0.25) is 14.8 Å². The maximum Gasteiger partial charge on any atom is 0.322 e. The molecule has 112 valence electrons. The lowest BCUT2D eigenvalue weighted by molar-refractivity contribution is 0.102. The summed E-state index contributed by atoms with van der Waals surface area (Å²) in [5, 5.41) is 14.6. The second kappa shape index (κ2) is 5.44. The first kappa shape index (κ1) is 14.0. The fourth-order valence-electron chi connectivity index (χ4n) is 2.14. The van der Waals surface area contributed by atoms with Gasteiger partial charge in [0.05, 0.1) is 5.69 Å². The summed E-state index contributed by atoms with van der Waals surface area (Å²) < 4.78 is 7.12. The average Bonchev–Trinajstić information content (AvgIpc) is 3.05. The SMILES string of the molecule is Cc1cccc(C(=O)Nc2nnc(-c3cc(C)nn3C)o2)c1. The van der Waals surface area contributed by atoms with E-state index in [2.05, 4.69) is 20.6 Å². The molecule has 22 heavy (non-hydrogen) atoms. The lowest BCUT2D eigenvalue weighted by atomic mass is 10.1. The number of rotatable bonds is 3. The van der Waals surface area contributed by atoms with Gasteiger partial charge in [-0.2, -0.15) is 5.10 Å². The van der Waals surface area contributed by atoms with Crippen molar-refractivity contribution in [3.63, 3.8) is 0 Å². The molecule has 0 bridgehead atoms. The Balaban J connectivity index is 1.80. The summed E-state index contributed by atoms with van der Waals surface area (Å²) in [6.07, 6.45) is 0. The summed E-state index contributed by atoms with van der Waals surface area (Å²) in [6.45, 7) is 3.80. The average molecular weight is 297 g/mol. The number of amides is 1. The first-order valence-electron chi connectivity index (χ1n) is 6.75. The second-order valence-electron chi connectivity index (χ2n) is 5.03. The normalized spacial score (nSPS) is 10.7. The van der Waals surface area contributed by atoms with E-state index < -0.39 is 0 Å². The smallest absolute Gasteiger partial charge is 0.322 e. The maximum atomic E-state index is 12.1. The van der Waals surface area contributed by atoms with Gasteiger partial charge in [0.2, 0.25) is 0 Å². The van der Waals surface area contributed by atoms with Crippen molar-refractivity contribution in [2.24, 2.45) is 7.05 Å². The van der Waals surface area contributed by atoms with Gasteiger partial charge in [0.15, 0.2) is 0 Å². The molecule has 1 aromatic carbocycles. The van der Waals surface area contributed by atoms with Crippen LogP contribution in [0.15, 0.2) is 34.7 Å². The fraction of sp³-hybridized carbons (Fsp3) is 0.200. The molecule has 0 fully saturated rings. The van der Waals surface area contributed by atoms with Crippen LogP contribution in [-0.4, -0.2) is 25.9 Å². The van der Waals surface area contributed by atoms with Gasteiger partial charge in [0.25, 0.3) is 11.8 Å². The van der Waals surface area contributed by atoms with E-state index in [0.717, 1.165) is 11.3 Å². The van der Waals surface area contributed by atoms with Crippen LogP contribution in [0.3, 0.4) is 0 Å². The van der Waals surface area contributed by atoms with E-state index in [9.17, 15) is 4.79 Å². The number of hydrogen-bond donors (Lipinski definition) is 1. The second-order valence-corrected chi connectivity index (χ2v) is 5.03. The van der Waals surface area contributed by atoms with E-state index in [0.29, 0.717) is 17.1 Å². The fourth-order valence-corrected chi connectivity index (χ4v) is 2.14. The van der Waals surface area contributed by atoms with E-state index >= 15 is 0 Å². The van der Waals surface area contributed by atoms with Crippen molar-refractivity contribution in [2.75, 3.05) is 5.32 Å². The van der Waals surface area contributed by atoms with Crippen molar-refractivity contribution in [1.29, 1.82) is 0 Å². The molecule has 1 amide bonds. The van der Waals surface area contributed by atoms with Crippen LogP contribution in [-0.2, 0) is 7.05 Å². The largest absolute Gasteiger partial charge is 0.401 e. The van der Waals surface area contributed by atoms with Gasteiger partial charge in [-0.25, -0.2) is 0 Å². The van der Waals surface area contributed by atoms with E-state index in [1.165, 1.54) is 0 Å². The van der Waals surface area contributed by atoms with Gasteiger partial charge in [0.1, 0.15) is 5.69 Å². The first-order valence-corrected chi connectivity index (χ1v) is 6.75. The zero-order valence-electron chi connectivity index (χ0n) is 12.5. The highest BCUT2D eigenvalue weighted by molar-refractivity contribution is 6.03. The van der Waals surface area contributed by atoms with Gasteiger partial charge in [-0.05, 0) is 32.0 Å². The molecule has 0 aliphatic rings. The minimum Gasteiger partial charge on any atom is -0.401 e. The van der Waals surface area contributed by atoms with Crippen molar-refractivity contribution in [1.82, 2.24) is 20.0 Å². The molecule has 3 rings (SSSR count). The Morgan fingerprint density at radius 1 is 1.23 bits per heavy atom. The van der Waals surface area contributed by atoms with E-state index in [1.54, 1.807) is 23.9 Å². The Bertz CT molecular complexity index is 834. The van der Waals surface area contributed by atoms with Crippen molar-refractivity contribution in [2.45, 2.75) is 13.8 Å². The van der Waals surface area contributed by atoms with E-state index in [4.69, 9.17) is 4.42 Å². The molecule has 3 aromatic rings. The quantitative estimate of drug-likeness (QED) is 0.802. The molecule has 2 heterocycles. The van der Waals surface area contributed by atoms with Gasteiger partial charge >= 0.3 is 6.01 Å². The van der Waals surface area contributed by atoms with Crippen LogP contribution in [0.5, 0.6) is 0 Å². The van der Waals surface area contributed by atoms with Crippen LogP contribution in [0, 0.1) is 13.8 Å². The van der Waals surface area contributed by atoms with Gasteiger partial charge in [-0.1, -0.05) is 22.8 Å². The minimum atomic E-state index is -0.292. The first-order chi connectivity index (χ1) is 10.5. The maximum absolute atomic E-state index is 12.1. The number of aryl methyl sites for hydroxylation is 3. The number of benzene rings is 1. The summed E-state index contributed by atoms with van der Waals surface area (Å²) in [5.74, 6) is 0.0164. The summed E-state index contributed by atoms with van der Waals surface area (Å²) >= 11 is 0. The molecule has 0 saturated heterocycles. The van der Waals surface area contributed by atoms with Crippen LogP contribution in [0.25, 0.3) is 11.6 Å². The number of aromatic nitrogens is 4. The Hall–Kier alpha value is -2.96. The number of anilines is 1. The zero-order chi connectivity index (χ0) is 15.7. The van der Waals surface area contributed by atoms with Gasteiger partial charge in [0, 0.05) is 12.6 Å². The number of carbonyl (C=O) groups is 1. The van der Waals surface area contributed by atoms with Crippen LogP contribution in [0.2, 0.25) is 0 Å². The summed E-state index contributed by atoms with van der Waals surface area (Å²) in [4.78, 5) is 12.1. The van der Waals surface area contributed by atoms with Crippen LogP contribution in [0.1, 0.15) is 21.6 Å². The number of nitrogens with one attached hydrogen (secondary N) is 1. The lowest BCUT2D eigenvalue weighted by Crippen LogP contribution is -2.12. The van der Waals surface area contributed by atoms with Gasteiger partial charge < -0.3 is 4.42 Å². The number of hydrogen-bond acceptors (Lipinski definition) is 5. The third-order valence-corrected chi connectivity index (χ3v) is 3.15. The Kier molecular flexibility index (Phi) is 3.46. The topological polar surface area (TPSA) is 85.8 Å². The molecule has 0 saturated carbocycles. The van der Waals surface area contributed by atoms with Crippen molar-refractivity contribution in [3.05, 3.63) is 47.2 Å². The molecule has 1 N–H and O–H groups in total. The Morgan fingerprint density at radius 2 is 2.05 bits per heavy atom. The molecule has 7 nitrogen and oxygen atoms in total. The van der Waals surface area contributed by atoms with Crippen molar-refractivity contribution < 1.29 is 9.21 Å². The molecular formula is C15H15N5O2. The third kappa shape index (κ3) is 2.73. The highest BCUT2D eigenvalue weighted by Gasteiger charge is 2.15. The van der Waals surface area contributed by atoms with E-state index in [1.807, 2.05) is 32.0 Å². The molecule has 0 aliphatic carbocycles. The zero-order valence-corrected chi connectivity index (χ0v) is 12.5. The lowest BCUT2D eigenvalue weighted by Gasteiger charge is -2.01. The number of carbonyl (C=O) groups excluding carboxylic acids is 1. The number of nitrogens with zero attached hydrogens (tertiary/aromatic N) is 4. The molecule has 0 atom stereocenters. The molecule has 0 radical (unpaired) electrons. The molecule has 0 spiro atoms. The van der Waals surface area contributed by atoms with Crippen LogP contribution in [0.4, 0.5) is 6.01 Å². The predicted octanol–water partition coefficient (Wildman–Crippen LogP) is 2.34. The predicted molar refractivity (Wildman–Crippen MR) is 80.4 cm³/mol. The third-order valence-electron chi connectivity index (χ3n) is 3.15. The summed E-state index contributed by atoms with van der Waals surface area (Å²) in [5.41, 5.74) is 3.09. The molecule has 0 unspecified atom stereocenters. The highest BCUT2D eigenvalue weighted by Crippen LogP contribution is 2.20. The Labute approximate surface area is 127 Å². The minimum absolute atomic E-state index is 0.0559. The molecule has 7 heteroatoms. The van der Waals surface area contributed by atoms with Crippen molar-refractivity contribution >= 4 is 11.9 Å². The van der Waals surface area contributed by atoms with Crippen LogP contribution >= 0.6 is 0 Å². The Morgan fingerprint density at radius 3 is 2.73 bits per heavy atom. The highest BCUT2D eigenvalue weighted by atomic mass is 16.4. The monoisotopic (exact) mass is 297 g/mol. The summed E-state index contributed by atoms with van der Waals surface area (Å²) in [7, 11) is 1.79. The molecular weight excluding hydrogens is 282 g/mol. The van der Waals surface area contributed by atoms with Crippen molar-refractivity contribution in [3.8, 4) is 11.6 Å². The van der Waals surface area contributed by atoms with E-state index in [-0.39, 0.29) is 11.9 Å². The summed E-state index contributed by atoms with van der Waals surface area (Å²) in [6, 6.07) is 9.15. The molecule has 2 aromatic heterocycles. The van der Waals surface area contributed by atoms with Crippen LogP contribution < -0.4 is 5.32 Å². The molecule has 0 aliphatic heterocycles. The standard InChI is InChI=1S/C15H15N5O2/c1-9-5-4-6-11(7-9)13(21)16-15-18-17-14(22-15)12-8-10(2)19-20(12)3/h4-8H,1-3H3,(H,16,18,21).